The van der Waals surface area contributed by atoms with Crippen LogP contribution in [-0.2, 0) is 9.26 Å². The Kier molecular flexibility index (Phi) is 11.0. The van der Waals surface area contributed by atoms with Crippen LogP contribution in [0.2, 0.25) is 0 Å². The molecular weight excluding hydrogens is 530 g/mol. The number of anilines is 1. The van der Waals surface area contributed by atoms with Crippen molar-refractivity contribution in [3.63, 3.8) is 0 Å². The van der Waals surface area contributed by atoms with Crippen molar-refractivity contribution in [1.29, 1.82) is 0 Å². The summed E-state index contributed by atoms with van der Waals surface area (Å²) in [7, 11) is 1.21. The molecule has 38 heavy (non-hydrogen) atoms. The van der Waals surface area contributed by atoms with Crippen LogP contribution in [0.4, 0.5) is 19.0 Å². The predicted molar refractivity (Wildman–Crippen MR) is 134 cm³/mol. The first kappa shape index (κ1) is 29.0. The third kappa shape index (κ3) is 8.23. The van der Waals surface area contributed by atoms with E-state index in [4.69, 9.17) is 33.5 Å². The van der Waals surface area contributed by atoms with E-state index in [2.05, 4.69) is 4.98 Å². The Labute approximate surface area is 218 Å². The average molecular weight is 557 g/mol. The summed E-state index contributed by atoms with van der Waals surface area (Å²) in [6.45, 7) is -1.77. The number of alkyl halides is 3. The van der Waals surface area contributed by atoms with Crippen molar-refractivity contribution in [3.05, 3.63) is 71.3 Å². The second-order valence-electron chi connectivity index (χ2n) is 7.60. The fraction of sp³-hybridized carbons (Fsp3) is 0.333. The highest BCUT2D eigenvalue weighted by Gasteiger charge is 2.38. The molecule has 2 heterocycles. The van der Waals surface area contributed by atoms with Crippen LogP contribution in [-0.4, -0.2) is 49.6 Å². The summed E-state index contributed by atoms with van der Waals surface area (Å²) in [4.78, 5) is 15.7. The molecule has 1 fully saturated rings. The maximum absolute atomic E-state index is 14.7. The number of benzene rings is 2. The van der Waals surface area contributed by atoms with Gasteiger partial charge in [0.05, 0.1) is 26.9 Å². The van der Waals surface area contributed by atoms with Crippen molar-refractivity contribution in [3.8, 4) is 23.0 Å². The minimum atomic E-state index is -1.93. The normalized spacial score (nSPS) is 18.4. The zero-order chi connectivity index (χ0) is 27.5. The first-order valence-electron chi connectivity index (χ1n) is 11.2. The molecule has 3 aromatic rings. The number of nitrogens with two attached hydrogens (primary N) is 1. The van der Waals surface area contributed by atoms with Crippen LogP contribution in [0.3, 0.4) is 0 Å². The van der Waals surface area contributed by atoms with Gasteiger partial charge in [-0.1, -0.05) is 0 Å². The number of methoxy groups -OCH3 is 2. The number of halogens is 3. The monoisotopic (exact) mass is 557 g/mol. The molecule has 0 spiro atoms. The minimum absolute atomic E-state index is 0.0217. The zero-order valence-corrected chi connectivity index (χ0v) is 21.4. The largest absolute Gasteiger partial charge is 0.497 e. The van der Waals surface area contributed by atoms with Crippen molar-refractivity contribution in [2.45, 2.75) is 24.9 Å². The van der Waals surface area contributed by atoms with Crippen LogP contribution in [0.5, 0.6) is 23.0 Å². The molecule has 2 aromatic carbocycles. The lowest BCUT2D eigenvalue weighted by molar-refractivity contribution is -0.0364. The number of nitrogens with zero attached hydrogens (tertiary/aromatic N) is 2. The standard InChI is InChI=1S/C23H25FN3O7P.CH2F2/c1-29-15-3-7-17(8-4-15)33-35(34-18-9-5-16(30-2)6-10-18)31-14-19-13-20(24)22(32-19)27-12-11-21(25)26-23(27)28;2-1-3/h3-12,19-20,22H,13-14H2,1-2H3,(H2,25,26,28);1H2. The minimum Gasteiger partial charge on any atom is -0.497 e. The highest BCUT2D eigenvalue weighted by atomic mass is 31.2. The molecule has 2 N–H and O–H groups in total. The molecule has 1 aliphatic heterocycles. The van der Waals surface area contributed by atoms with E-state index in [0.717, 1.165) is 4.57 Å². The first-order valence-corrected chi connectivity index (χ1v) is 12.3. The van der Waals surface area contributed by atoms with Gasteiger partial charge in [-0.15, -0.1) is 0 Å². The van der Waals surface area contributed by atoms with Crippen LogP contribution in [0.1, 0.15) is 12.6 Å². The van der Waals surface area contributed by atoms with Crippen LogP contribution >= 0.6 is 8.60 Å². The second kappa shape index (κ2) is 14.4. The van der Waals surface area contributed by atoms with E-state index in [9.17, 15) is 18.0 Å². The lowest BCUT2D eigenvalue weighted by Gasteiger charge is -2.20. The van der Waals surface area contributed by atoms with E-state index >= 15 is 0 Å². The molecule has 4 rings (SSSR count). The summed E-state index contributed by atoms with van der Waals surface area (Å²) in [5.74, 6) is 2.39. The molecule has 3 atom stereocenters. The summed E-state index contributed by atoms with van der Waals surface area (Å²) in [5, 5.41) is 0. The third-order valence-electron chi connectivity index (χ3n) is 5.10. The summed E-state index contributed by atoms with van der Waals surface area (Å²) < 4.78 is 68.8. The topological polar surface area (TPSA) is 116 Å². The van der Waals surface area contributed by atoms with Crippen molar-refractivity contribution in [2.24, 2.45) is 0 Å². The van der Waals surface area contributed by atoms with Gasteiger partial charge in [-0.05, 0) is 54.6 Å². The molecule has 0 aliphatic carbocycles. The number of rotatable bonds is 10. The molecule has 3 unspecified atom stereocenters. The van der Waals surface area contributed by atoms with Crippen LogP contribution < -0.4 is 29.9 Å². The van der Waals surface area contributed by atoms with Gasteiger partial charge >= 0.3 is 14.3 Å². The van der Waals surface area contributed by atoms with Gasteiger partial charge in [0, 0.05) is 12.6 Å². The van der Waals surface area contributed by atoms with Gasteiger partial charge in [0.2, 0.25) is 6.93 Å². The van der Waals surface area contributed by atoms with E-state index in [-0.39, 0.29) is 18.8 Å². The van der Waals surface area contributed by atoms with Gasteiger partial charge in [-0.3, -0.25) is 9.09 Å². The zero-order valence-electron chi connectivity index (χ0n) is 20.5. The van der Waals surface area contributed by atoms with Crippen molar-refractivity contribution in [1.82, 2.24) is 9.55 Å². The smallest absolute Gasteiger partial charge is 0.463 e. The summed E-state index contributed by atoms with van der Waals surface area (Å²) in [6, 6.07) is 15.3. The molecule has 1 aromatic heterocycles. The number of hydrogen-bond donors (Lipinski definition) is 1. The van der Waals surface area contributed by atoms with Gasteiger partial charge in [0.15, 0.2) is 6.23 Å². The molecule has 0 saturated carbocycles. The average Bonchev–Trinajstić information content (AvgIpc) is 3.28. The number of aromatic nitrogens is 2. The molecule has 14 heteroatoms. The van der Waals surface area contributed by atoms with Gasteiger partial charge in [0.1, 0.15) is 35.0 Å². The molecule has 206 valence electrons. The maximum Gasteiger partial charge on any atom is 0.463 e. The fourth-order valence-electron chi connectivity index (χ4n) is 3.33. The Morgan fingerprint density at radius 2 is 1.47 bits per heavy atom. The van der Waals surface area contributed by atoms with E-state index in [1.165, 1.54) is 12.3 Å². The first-order chi connectivity index (χ1) is 18.4. The Morgan fingerprint density at radius 3 is 1.95 bits per heavy atom. The Morgan fingerprint density at radius 1 is 0.974 bits per heavy atom. The lowest BCUT2D eigenvalue weighted by atomic mass is 10.2. The fourth-order valence-corrected chi connectivity index (χ4v) is 4.35. The quantitative estimate of drug-likeness (QED) is 0.353. The Hall–Kier alpha value is -3.54. The highest BCUT2D eigenvalue weighted by molar-refractivity contribution is 7.42. The van der Waals surface area contributed by atoms with Gasteiger partial charge in [0.25, 0.3) is 0 Å². The lowest BCUT2D eigenvalue weighted by Crippen LogP contribution is -2.30. The molecule has 1 saturated heterocycles. The van der Waals surface area contributed by atoms with Crippen LogP contribution in [0.15, 0.2) is 65.6 Å². The van der Waals surface area contributed by atoms with Crippen molar-refractivity contribution >= 4 is 14.4 Å². The molecule has 0 bridgehead atoms. The third-order valence-corrected chi connectivity index (χ3v) is 6.18. The molecular formula is C24H27F3N3O7P. The van der Waals surface area contributed by atoms with Gasteiger partial charge in [-0.25, -0.2) is 18.0 Å². The van der Waals surface area contributed by atoms with Crippen LogP contribution in [0.25, 0.3) is 0 Å². The van der Waals surface area contributed by atoms with Gasteiger partial charge in [-0.2, -0.15) is 4.98 Å². The SMILES string of the molecule is COc1ccc(OP(OCC2CC(F)C(n3ccc(N)nc3=O)O2)Oc2ccc(OC)cc2)cc1.FCF. The maximum atomic E-state index is 14.7. The van der Waals surface area contributed by atoms with Gasteiger partial charge < -0.3 is 29.0 Å². The van der Waals surface area contributed by atoms with E-state index in [1.54, 1.807) is 62.8 Å². The summed E-state index contributed by atoms with van der Waals surface area (Å²) in [6.07, 6.45) is -1.81. The highest BCUT2D eigenvalue weighted by Crippen LogP contribution is 2.43. The Bertz CT molecular complexity index is 1140. The van der Waals surface area contributed by atoms with Crippen molar-refractivity contribution < 1.29 is 41.0 Å². The Balaban J connectivity index is 0.00000127. The van der Waals surface area contributed by atoms with E-state index in [1.807, 2.05) is 0 Å². The summed E-state index contributed by atoms with van der Waals surface area (Å²) in [5.41, 5.74) is 4.82. The molecule has 1 aliphatic rings. The van der Waals surface area contributed by atoms with Crippen molar-refractivity contribution in [2.75, 3.05) is 33.5 Å². The molecule has 10 nitrogen and oxygen atoms in total. The van der Waals surface area contributed by atoms with E-state index < -0.39 is 39.7 Å². The molecule has 0 amide bonds. The van der Waals surface area contributed by atoms with Crippen LogP contribution in [0, 0.1) is 0 Å². The predicted octanol–water partition coefficient (Wildman–Crippen LogP) is 4.75. The number of nitrogen functional groups attached to an aromatic ring is 1. The number of ether oxygens (including phenoxy) is 3. The second-order valence-corrected chi connectivity index (χ2v) is 8.67. The summed E-state index contributed by atoms with van der Waals surface area (Å²) >= 11 is 0. The van der Waals surface area contributed by atoms with E-state index in [0.29, 0.717) is 23.0 Å². The molecule has 0 radical (unpaired) electrons. The number of hydrogen-bond acceptors (Lipinski definition) is 9.